The van der Waals surface area contributed by atoms with Crippen molar-refractivity contribution in [3.05, 3.63) is 29.3 Å². The van der Waals surface area contributed by atoms with Gasteiger partial charge in [0.1, 0.15) is 11.9 Å². The van der Waals surface area contributed by atoms with E-state index in [0.29, 0.717) is 11.8 Å². The van der Waals surface area contributed by atoms with Crippen molar-refractivity contribution >= 4 is 6.29 Å². The fourth-order valence-corrected chi connectivity index (χ4v) is 1.42. The average Bonchev–Trinajstić information content (AvgIpc) is 2.30. The molecule has 1 aromatic carbocycles. The average molecular weight is 226 g/mol. The zero-order chi connectivity index (χ0) is 12.0. The number of phenolic OH excluding ortho intramolecular Hbond substituents is 1. The number of aliphatic hydroxyl groups excluding tert-OH is 2. The molecule has 0 aliphatic rings. The Bertz CT molecular complexity index is 350. The first kappa shape index (κ1) is 12.6. The second-order valence-electron chi connectivity index (χ2n) is 3.16. The number of aldehydes is 1. The maximum atomic E-state index is 10.8. The van der Waals surface area contributed by atoms with E-state index in [1.54, 1.807) is 12.1 Å². The summed E-state index contributed by atoms with van der Waals surface area (Å²) in [6, 6.07) is 4.53. The van der Waals surface area contributed by atoms with Gasteiger partial charge in [-0.15, -0.1) is 0 Å². The SMILES string of the molecule is O=Cc1c(O)cccc1C(CO)OCCO. The van der Waals surface area contributed by atoms with Crippen LogP contribution in [0.2, 0.25) is 0 Å². The van der Waals surface area contributed by atoms with E-state index in [-0.39, 0.29) is 31.1 Å². The molecule has 5 nitrogen and oxygen atoms in total. The van der Waals surface area contributed by atoms with Gasteiger partial charge in [-0.2, -0.15) is 0 Å². The normalized spacial score (nSPS) is 12.4. The fourth-order valence-electron chi connectivity index (χ4n) is 1.42. The molecule has 0 fully saturated rings. The molecule has 1 unspecified atom stereocenters. The summed E-state index contributed by atoms with van der Waals surface area (Å²) < 4.78 is 5.15. The highest BCUT2D eigenvalue weighted by atomic mass is 16.5. The monoisotopic (exact) mass is 226 g/mol. The molecule has 0 aromatic heterocycles. The number of carbonyl (C=O) groups excluding carboxylic acids is 1. The van der Waals surface area contributed by atoms with Gasteiger partial charge in [0.15, 0.2) is 6.29 Å². The highest BCUT2D eigenvalue weighted by Gasteiger charge is 2.16. The van der Waals surface area contributed by atoms with Gasteiger partial charge in [-0.25, -0.2) is 0 Å². The summed E-state index contributed by atoms with van der Waals surface area (Å²) in [6.07, 6.45) is -0.213. The Kier molecular flexibility index (Phi) is 4.91. The van der Waals surface area contributed by atoms with Crippen LogP contribution in [0.5, 0.6) is 5.75 Å². The maximum Gasteiger partial charge on any atom is 0.154 e. The van der Waals surface area contributed by atoms with Crippen LogP contribution in [0.25, 0.3) is 0 Å². The van der Waals surface area contributed by atoms with E-state index in [1.165, 1.54) is 6.07 Å². The second-order valence-corrected chi connectivity index (χ2v) is 3.16. The number of benzene rings is 1. The summed E-state index contributed by atoms with van der Waals surface area (Å²) in [7, 11) is 0. The lowest BCUT2D eigenvalue weighted by Gasteiger charge is -2.17. The molecule has 1 aromatic rings. The van der Waals surface area contributed by atoms with Gasteiger partial charge in [-0.05, 0) is 11.6 Å². The summed E-state index contributed by atoms with van der Waals surface area (Å²) >= 11 is 0. The molecule has 5 heteroatoms. The van der Waals surface area contributed by atoms with Crippen LogP contribution < -0.4 is 0 Å². The van der Waals surface area contributed by atoms with E-state index < -0.39 is 6.10 Å². The van der Waals surface area contributed by atoms with Crippen LogP contribution in [-0.4, -0.2) is 41.4 Å². The fraction of sp³-hybridized carbons (Fsp3) is 0.364. The summed E-state index contributed by atoms with van der Waals surface area (Å²) in [5.74, 6) is -0.154. The van der Waals surface area contributed by atoms with Crippen molar-refractivity contribution in [1.82, 2.24) is 0 Å². The molecule has 0 spiro atoms. The molecule has 3 N–H and O–H groups in total. The Labute approximate surface area is 92.9 Å². The van der Waals surface area contributed by atoms with Crippen LogP contribution in [0.15, 0.2) is 18.2 Å². The standard InChI is InChI=1S/C11H14O5/c12-4-5-16-11(7-14)8-2-1-3-10(15)9(8)6-13/h1-3,6,11-12,14-15H,4-5,7H2. The molecule has 0 aliphatic carbocycles. The van der Waals surface area contributed by atoms with Crippen molar-refractivity contribution < 1.29 is 24.9 Å². The highest BCUT2D eigenvalue weighted by Crippen LogP contribution is 2.26. The first-order valence-corrected chi connectivity index (χ1v) is 4.85. The summed E-state index contributed by atoms with van der Waals surface area (Å²) in [6.45, 7) is -0.449. The van der Waals surface area contributed by atoms with Gasteiger partial charge in [0, 0.05) is 0 Å². The van der Waals surface area contributed by atoms with Crippen molar-refractivity contribution in [1.29, 1.82) is 0 Å². The van der Waals surface area contributed by atoms with Crippen LogP contribution in [-0.2, 0) is 4.74 Å². The van der Waals surface area contributed by atoms with E-state index in [9.17, 15) is 9.90 Å². The molecule has 0 bridgehead atoms. The molecular weight excluding hydrogens is 212 g/mol. The minimum atomic E-state index is -0.723. The molecule has 88 valence electrons. The molecule has 0 saturated heterocycles. The topological polar surface area (TPSA) is 87.0 Å². The predicted molar refractivity (Wildman–Crippen MR) is 56.4 cm³/mol. The Morgan fingerprint density at radius 3 is 2.69 bits per heavy atom. The summed E-state index contributed by atoms with van der Waals surface area (Å²) in [5, 5.41) is 27.2. The minimum Gasteiger partial charge on any atom is -0.507 e. The number of carbonyl (C=O) groups is 1. The number of ether oxygens (including phenoxy) is 1. The van der Waals surface area contributed by atoms with Crippen LogP contribution in [0, 0.1) is 0 Å². The number of hydrogen-bond donors (Lipinski definition) is 3. The molecule has 16 heavy (non-hydrogen) atoms. The van der Waals surface area contributed by atoms with E-state index >= 15 is 0 Å². The van der Waals surface area contributed by atoms with E-state index in [0.717, 1.165) is 0 Å². The van der Waals surface area contributed by atoms with Crippen molar-refractivity contribution in [3.8, 4) is 5.75 Å². The van der Waals surface area contributed by atoms with Crippen molar-refractivity contribution in [2.75, 3.05) is 19.8 Å². The Balaban J connectivity index is 2.99. The molecule has 1 atom stereocenters. The minimum absolute atomic E-state index is 0.0547. The molecular formula is C11H14O5. The van der Waals surface area contributed by atoms with E-state index in [1.807, 2.05) is 0 Å². The van der Waals surface area contributed by atoms with E-state index in [2.05, 4.69) is 0 Å². The number of hydrogen-bond acceptors (Lipinski definition) is 5. The van der Waals surface area contributed by atoms with Crippen LogP contribution in [0.3, 0.4) is 0 Å². The molecule has 0 radical (unpaired) electrons. The predicted octanol–water partition coefficient (Wildman–Crippen LogP) is 0.247. The number of aliphatic hydroxyl groups is 2. The molecule has 0 heterocycles. The first-order valence-electron chi connectivity index (χ1n) is 4.85. The number of rotatable bonds is 6. The third-order valence-corrected chi connectivity index (χ3v) is 2.16. The third-order valence-electron chi connectivity index (χ3n) is 2.16. The largest absolute Gasteiger partial charge is 0.507 e. The smallest absolute Gasteiger partial charge is 0.154 e. The highest BCUT2D eigenvalue weighted by molar-refractivity contribution is 5.81. The lowest BCUT2D eigenvalue weighted by molar-refractivity contribution is -0.00507. The molecule has 1 rings (SSSR count). The zero-order valence-electron chi connectivity index (χ0n) is 8.67. The molecule has 0 aliphatic heterocycles. The molecule has 0 saturated carbocycles. The van der Waals surface area contributed by atoms with Gasteiger partial charge in [-0.3, -0.25) is 4.79 Å². The third kappa shape index (κ3) is 2.79. The number of aromatic hydroxyl groups is 1. The summed E-state index contributed by atoms with van der Waals surface area (Å²) in [5.41, 5.74) is 0.505. The van der Waals surface area contributed by atoms with E-state index in [4.69, 9.17) is 14.9 Å². The van der Waals surface area contributed by atoms with Gasteiger partial charge in [-0.1, -0.05) is 12.1 Å². The molecule has 0 amide bonds. The Hall–Kier alpha value is -1.43. The van der Waals surface area contributed by atoms with Crippen LogP contribution in [0.4, 0.5) is 0 Å². The second kappa shape index (κ2) is 6.22. The van der Waals surface area contributed by atoms with Gasteiger partial charge in [0.05, 0.1) is 25.4 Å². The van der Waals surface area contributed by atoms with Gasteiger partial charge < -0.3 is 20.1 Å². The van der Waals surface area contributed by atoms with Gasteiger partial charge >= 0.3 is 0 Å². The van der Waals surface area contributed by atoms with Crippen molar-refractivity contribution in [2.24, 2.45) is 0 Å². The quantitative estimate of drug-likeness (QED) is 0.605. The van der Waals surface area contributed by atoms with Gasteiger partial charge in [0.25, 0.3) is 0 Å². The van der Waals surface area contributed by atoms with Crippen LogP contribution in [0.1, 0.15) is 22.0 Å². The lowest BCUT2D eigenvalue weighted by atomic mass is 10.0. The Morgan fingerprint density at radius 2 is 2.12 bits per heavy atom. The lowest BCUT2D eigenvalue weighted by Crippen LogP contribution is -2.13. The van der Waals surface area contributed by atoms with Crippen molar-refractivity contribution in [2.45, 2.75) is 6.10 Å². The van der Waals surface area contributed by atoms with Gasteiger partial charge in [0.2, 0.25) is 0 Å². The zero-order valence-corrected chi connectivity index (χ0v) is 8.67. The van der Waals surface area contributed by atoms with Crippen molar-refractivity contribution in [3.63, 3.8) is 0 Å². The Morgan fingerprint density at radius 1 is 1.38 bits per heavy atom. The van der Waals surface area contributed by atoms with Crippen LogP contribution >= 0.6 is 0 Å². The maximum absolute atomic E-state index is 10.8. The number of phenols is 1. The summed E-state index contributed by atoms with van der Waals surface area (Å²) in [4.78, 5) is 10.8. The first-order chi connectivity index (χ1) is 7.74.